The van der Waals surface area contributed by atoms with Crippen molar-refractivity contribution in [2.24, 2.45) is 10.7 Å². The molecule has 0 atom stereocenters. The third-order valence-electron chi connectivity index (χ3n) is 3.96. The number of methoxy groups -OCH3 is 1. The first kappa shape index (κ1) is 17.4. The van der Waals surface area contributed by atoms with Crippen LogP contribution in [0, 0.1) is 5.82 Å². The first-order chi connectivity index (χ1) is 12.7. The number of nitrogens with two attached hydrogens (primary N) is 1. The van der Waals surface area contributed by atoms with E-state index in [2.05, 4.69) is 20.5 Å². The molecule has 0 unspecified atom stereocenters. The van der Waals surface area contributed by atoms with Gasteiger partial charge in [-0.25, -0.2) is 4.39 Å². The van der Waals surface area contributed by atoms with Crippen molar-refractivity contribution >= 4 is 23.3 Å². The summed E-state index contributed by atoms with van der Waals surface area (Å²) in [6, 6.07) is 8.46. The summed E-state index contributed by atoms with van der Waals surface area (Å²) in [5.74, 6) is 0.867. The fraction of sp³-hybridized carbons (Fsp3) is 0.167. The highest BCUT2D eigenvalue weighted by atomic mass is 19.1. The maximum Gasteiger partial charge on any atom is 0.170 e. The minimum absolute atomic E-state index is 0.248. The molecule has 0 saturated heterocycles. The summed E-state index contributed by atoms with van der Waals surface area (Å²) in [6.07, 6.45) is 4.70. The van der Waals surface area contributed by atoms with Gasteiger partial charge >= 0.3 is 0 Å². The number of fused-ring (bicyclic) bond motifs is 1. The number of halogens is 1. The Bertz CT molecular complexity index is 979. The monoisotopic (exact) mass is 354 g/mol. The molecule has 0 aliphatic heterocycles. The lowest BCUT2D eigenvalue weighted by atomic mass is 10.1. The van der Waals surface area contributed by atoms with Gasteiger partial charge in [-0.3, -0.25) is 9.39 Å². The van der Waals surface area contributed by atoms with Crippen molar-refractivity contribution in [2.75, 3.05) is 19.5 Å². The second-order valence-electron chi connectivity index (χ2n) is 5.44. The van der Waals surface area contributed by atoms with Crippen molar-refractivity contribution in [3.05, 3.63) is 59.8 Å². The van der Waals surface area contributed by atoms with Crippen molar-refractivity contribution in [3.8, 4) is 5.75 Å². The minimum atomic E-state index is -0.332. The number of anilines is 1. The molecule has 3 N–H and O–H groups in total. The summed E-state index contributed by atoms with van der Waals surface area (Å²) in [7, 11) is 3.18. The highest BCUT2D eigenvalue weighted by Crippen LogP contribution is 2.24. The molecule has 2 aromatic heterocycles. The summed E-state index contributed by atoms with van der Waals surface area (Å²) >= 11 is 0. The van der Waals surface area contributed by atoms with Gasteiger partial charge in [0.2, 0.25) is 0 Å². The molecule has 2 heterocycles. The van der Waals surface area contributed by atoms with Crippen molar-refractivity contribution in [1.29, 1.82) is 0 Å². The molecule has 0 aliphatic rings. The van der Waals surface area contributed by atoms with Gasteiger partial charge in [0.1, 0.15) is 23.7 Å². The van der Waals surface area contributed by atoms with Crippen LogP contribution in [0.25, 0.3) is 11.2 Å². The average Bonchev–Trinajstić information content (AvgIpc) is 3.15. The Morgan fingerprint density at radius 2 is 2.23 bits per heavy atom. The van der Waals surface area contributed by atoms with E-state index in [0.29, 0.717) is 22.8 Å². The molecule has 3 aromatic rings. The third-order valence-corrected chi connectivity index (χ3v) is 3.96. The highest BCUT2D eigenvalue weighted by molar-refractivity contribution is 6.11. The van der Waals surface area contributed by atoms with Crippen molar-refractivity contribution in [1.82, 2.24) is 14.6 Å². The summed E-state index contributed by atoms with van der Waals surface area (Å²) in [5, 5.41) is 11.3. The van der Waals surface area contributed by atoms with Crippen LogP contribution in [0.15, 0.2) is 47.9 Å². The normalized spacial score (nSPS) is 12.0. The van der Waals surface area contributed by atoms with E-state index >= 15 is 0 Å². The molecule has 0 aliphatic carbocycles. The zero-order chi connectivity index (χ0) is 18.5. The van der Waals surface area contributed by atoms with E-state index in [0.717, 1.165) is 11.1 Å². The van der Waals surface area contributed by atoms with Crippen LogP contribution < -0.4 is 15.8 Å². The average molecular weight is 354 g/mol. The third kappa shape index (κ3) is 3.21. The fourth-order valence-corrected chi connectivity index (χ4v) is 2.70. The van der Waals surface area contributed by atoms with Crippen LogP contribution >= 0.6 is 0 Å². The molecular weight excluding hydrogens is 335 g/mol. The molecular formula is C18H19FN6O. The van der Waals surface area contributed by atoms with Gasteiger partial charge in [-0.05, 0) is 24.3 Å². The number of benzene rings is 1. The van der Waals surface area contributed by atoms with Gasteiger partial charge in [-0.2, -0.15) is 0 Å². The predicted octanol–water partition coefficient (Wildman–Crippen LogP) is 2.49. The first-order valence-corrected chi connectivity index (χ1v) is 7.92. The van der Waals surface area contributed by atoms with E-state index in [1.165, 1.54) is 19.4 Å². The Labute approximate surface area is 150 Å². The number of nitrogens with one attached hydrogen (secondary N) is 1. The maximum atomic E-state index is 14.1. The lowest BCUT2D eigenvalue weighted by Gasteiger charge is -2.13. The number of ether oxygens (including phenoxy) is 1. The molecule has 26 heavy (non-hydrogen) atoms. The van der Waals surface area contributed by atoms with Crippen LogP contribution in [0.2, 0.25) is 0 Å². The van der Waals surface area contributed by atoms with E-state index in [9.17, 15) is 4.39 Å². The summed E-state index contributed by atoms with van der Waals surface area (Å²) in [5.41, 5.74) is 8.28. The van der Waals surface area contributed by atoms with E-state index in [1.807, 2.05) is 12.1 Å². The van der Waals surface area contributed by atoms with Gasteiger partial charge in [0.15, 0.2) is 5.65 Å². The minimum Gasteiger partial charge on any atom is -0.496 e. The second kappa shape index (κ2) is 7.64. The van der Waals surface area contributed by atoms with Gasteiger partial charge in [-0.15, -0.1) is 10.2 Å². The van der Waals surface area contributed by atoms with Gasteiger partial charge in [-0.1, -0.05) is 6.07 Å². The van der Waals surface area contributed by atoms with Gasteiger partial charge < -0.3 is 15.8 Å². The maximum absolute atomic E-state index is 14.1. The van der Waals surface area contributed by atoms with E-state index in [-0.39, 0.29) is 12.4 Å². The Morgan fingerprint density at radius 3 is 2.96 bits per heavy atom. The number of pyridine rings is 1. The molecule has 0 fully saturated rings. The number of aromatic nitrogens is 3. The van der Waals surface area contributed by atoms with E-state index < -0.39 is 0 Å². The first-order valence-electron chi connectivity index (χ1n) is 7.92. The summed E-state index contributed by atoms with van der Waals surface area (Å²) in [6.45, 7) is 0.248. The van der Waals surface area contributed by atoms with E-state index in [4.69, 9.17) is 10.5 Å². The van der Waals surface area contributed by atoms with Crippen LogP contribution in [0.1, 0.15) is 11.1 Å². The molecule has 0 bridgehead atoms. The van der Waals surface area contributed by atoms with Gasteiger partial charge in [0.05, 0.1) is 7.11 Å². The highest BCUT2D eigenvalue weighted by Gasteiger charge is 2.13. The number of aliphatic imine (C=N–C) groups is 1. The topological polar surface area (TPSA) is 89.8 Å². The Hall–Kier alpha value is -3.42. The molecule has 3 rings (SSSR count). The predicted molar refractivity (Wildman–Crippen MR) is 99.8 cm³/mol. The smallest absolute Gasteiger partial charge is 0.170 e. The molecule has 8 heteroatoms. The summed E-state index contributed by atoms with van der Waals surface area (Å²) < 4.78 is 21.1. The number of hydrogen-bond donors (Lipinski definition) is 2. The zero-order valence-corrected chi connectivity index (χ0v) is 14.5. The van der Waals surface area contributed by atoms with Gasteiger partial charge in [0, 0.05) is 42.7 Å². The van der Waals surface area contributed by atoms with Crippen LogP contribution in [0.4, 0.5) is 10.2 Å². The molecule has 0 spiro atoms. The Kier molecular flexibility index (Phi) is 5.12. The van der Waals surface area contributed by atoms with Crippen LogP contribution in [0.3, 0.4) is 0 Å². The van der Waals surface area contributed by atoms with Crippen LogP contribution in [-0.4, -0.2) is 35.0 Å². The van der Waals surface area contributed by atoms with E-state index in [1.54, 1.807) is 36.1 Å². The van der Waals surface area contributed by atoms with Gasteiger partial charge in [0.25, 0.3) is 0 Å². The standard InChI is InChI=1S/C18H19FN6O/c1-21-9-12(8-20)13-6-7-17(25-11-23-24-18(13)25)22-10-14-15(19)4-3-5-16(14)26-2/h3-9,11,22H,10,20H2,1-2H3. The number of rotatable bonds is 6. The van der Waals surface area contributed by atoms with Crippen molar-refractivity contribution < 1.29 is 9.13 Å². The largest absolute Gasteiger partial charge is 0.496 e. The van der Waals surface area contributed by atoms with Crippen LogP contribution in [-0.2, 0) is 6.54 Å². The lowest BCUT2D eigenvalue weighted by Crippen LogP contribution is -2.08. The lowest BCUT2D eigenvalue weighted by molar-refractivity contribution is 0.405. The van der Waals surface area contributed by atoms with Crippen molar-refractivity contribution in [2.45, 2.75) is 6.54 Å². The Balaban J connectivity index is 1.95. The molecule has 0 radical (unpaired) electrons. The summed E-state index contributed by atoms with van der Waals surface area (Å²) in [4.78, 5) is 4.00. The van der Waals surface area contributed by atoms with Crippen molar-refractivity contribution in [3.63, 3.8) is 0 Å². The fourth-order valence-electron chi connectivity index (χ4n) is 2.70. The van der Waals surface area contributed by atoms with Crippen LogP contribution in [0.5, 0.6) is 5.75 Å². The molecule has 0 amide bonds. The molecule has 0 saturated carbocycles. The number of nitrogens with zero attached hydrogens (tertiary/aromatic N) is 4. The quantitative estimate of drug-likeness (QED) is 0.664. The molecule has 7 nitrogen and oxygen atoms in total. The SMILES string of the molecule is CN=CC(=CN)c1ccc(NCc2c(F)cccc2OC)n2cnnc12. The zero-order valence-electron chi connectivity index (χ0n) is 14.5. The second-order valence-corrected chi connectivity index (χ2v) is 5.44. The molecule has 1 aromatic carbocycles. The number of hydrogen-bond acceptors (Lipinski definition) is 6. The number of allylic oxidation sites excluding steroid dienone is 1. The Morgan fingerprint density at radius 1 is 1.38 bits per heavy atom. The molecule has 134 valence electrons.